The van der Waals surface area contributed by atoms with Crippen LogP contribution < -0.4 is 32.0 Å². The number of anilines is 3. The summed E-state index contributed by atoms with van der Waals surface area (Å²) >= 11 is 6.58. The highest BCUT2D eigenvalue weighted by atomic mass is 35.5. The highest BCUT2D eigenvalue weighted by Gasteiger charge is 2.32. The largest absolute Gasteiger partial charge is 0.487 e. The van der Waals surface area contributed by atoms with E-state index in [9.17, 15) is 19.2 Å². The molecule has 13 heterocycles. The van der Waals surface area contributed by atoms with Gasteiger partial charge >= 0.3 is 0 Å². The number of nitrogens with one attached hydrogen (secondary N) is 1. The molecule has 4 saturated heterocycles. The maximum absolute atomic E-state index is 12.8. The first-order valence-corrected chi connectivity index (χ1v) is 36.2. The number of benzene rings is 2. The SMILES string of the molecule is C=CC(=O)N1CCC[C@@H](n2nc(-c3ccc(C(=O)NCCN4CCOCC4)c(Cl)c3)c3c(N)ncnc32)C1.C=CC(=O)N1CCC[C@@H](n2nc(-c3ccc(OCc4cccc(C)n4)c(C)c3)c3c(N)ncnc32)C1.C=CC(=O)N1CCC[C@@H](n2nc(-c3ccc(OCc4ccccn4)nc3)c3c(N)ncnc32)C1. The molecule has 0 saturated carbocycles. The zero-order valence-corrected chi connectivity index (χ0v) is 60.9. The molecule has 4 aliphatic heterocycles. The molecule has 30 nitrogen and oxygen atoms in total. The quantitative estimate of drug-likeness (QED) is 0.0548. The average molecular weight is 1480 g/mol. The third-order valence-corrected chi connectivity index (χ3v) is 19.7. The summed E-state index contributed by atoms with van der Waals surface area (Å²) < 4.78 is 22.7. The summed E-state index contributed by atoms with van der Waals surface area (Å²) in [7, 11) is 0. The van der Waals surface area contributed by atoms with Gasteiger partial charge in [0.1, 0.15) is 72.5 Å². The summed E-state index contributed by atoms with van der Waals surface area (Å²) in [6, 6.07) is 26.3. The molecule has 7 N–H and O–H groups in total. The number of nitrogens with zero attached hydrogens (tertiary/aromatic N) is 19. The minimum atomic E-state index is -0.234. The van der Waals surface area contributed by atoms with Crippen LogP contribution in [0.25, 0.3) is 66.9 Å². The number of ether oxygens (including phenoxy) is 3. The molecule has 4 fully saturated rings. The third kappa shape index (κ3) is 16.7. The van der Waals surface area contributed by atoms with Crippen molar-refractivity contribution in [1.82, 2.24) is 99.1 Å². The van der Waals surface area contributed by atoms with E-state index in [1.54, 1.807) is 51.4 Å². The summed E-state index contributed by atoms with van der Waals surface area (Å²) in [5.41, 5.74) is 29.0. The first-order chi connectivity index (χ1) is 52.5. The zero-order chi connectivity index (χ0) is 75.4. The molecule has 0 aliphatic carbocycles. The Balaban J connectivity index is 0.000000143. The van der Waals surface area contributed by atoms with E-state index in [2.05, 4.69) is 74.8 Å². The van der Waals surface area contributed by atoms with Crippen LogP contribution in [0.1, 0.15) is 89.7 Å². The van der Waals surface area contributed by atoms with Crippen LogP contribution in [0, 0.1) is 13.8 Å². The van der Waals surface area contributed by atoms with Gasteiger partial charge in [0.05, 0.1) is 69.5 Å². The van der Waals surface area contributed by atoms with E-state index >= 15 is 0 Å². The number of carbonyl (C=O) groups is 4. The van der Waals surface area contributed by atoms with E-state index in [-0.39, 0.29) is 41.8 Å². The van der Waals surface area contributed by atoms with Crippen molar-refractivity contribution < 1.29 is 33.4 Å². The van der Waals surface area contributed by atoms with Crippen LogP contribution in [0.2, 0.25) is 5.02 Å². The van der Waals surface area contributed by atoms with Gasteiger partial charge in [-0.2, -0.15) is 15.3 Å². The molecule has 0 bridgehead atoms. The summed E-state index contributed by atoms with van der Waals surface area (Å²) in [4.78, 5) is 96.3. The van der Waals surface area contributed by atoms with Gasteiger partial charge in [-0.15, -0.1) is 0 Å². The summed E-state index contributed by atoms with van der Waals surface area (Å²) in [6.45, 7) is 23.6. The molecule has 0 spiro atoms. The van der Waals surface area contributed by atoms with Crippen LogP contribution >= 0.6 is 11.6 Å². The number of rotatable bonds is 19. The standard InChI is InChI=1S/C27H29N7O2.C26H31ClN8O3.C24H24N8O2/c1-4-23(35)33-12-6-9-21(14-33)34-27-24(26(28)29-16-30-27)25(32-34)19-10-11-22(17(2)13-19)36-15-20-8-5-7-18(3)31-20;1-2-21(36)34-8-3-4-18(15-34)35-25-22(24(28)30-16-31-25)23(32-35)17-5-6-19(20(27)14-17)26(37)29-7-9-33-10-12-38-13-11-33;1-2-20(33)31-11-5-7-18(13-31)32-24-21(23(25)28-15-29-24)22(30-32)16-8-9-19(27-12-16)34-14-17-6-3-4-10-26-17/h4-5,7-8,10-11,13,16,21H,1,6,9,12,14-15H2,2-3H3,(H2,28,29,30);2,5-6,14,16,18H,1,3-4,7-13,15H2,(H,29,37)(H2,28,30,31);2-4,6,8-10,12,15,18H,1,5,7,11,13-14H2,(H2,25,28,29)/t21-;2*18-/m111/s1. The molecule has 31 heteroatoms. The number of hydrogen-bond acceptors (Lipinski definition) is 23. The monoisotopic (exact) mass is 1480 g/mol. The number of hydrogen-bond donors (Lipinski definition) is 4. The number of piperidine rings is 3. The van der Waals surface area contributed by atoms with Gasteiger partial charge in [-0.05, 0) is 137 Å². The maximum Gasteiger partial charge on any atom is 0.252 e. The Hall–Kier alpha value is -12.2. The van der Waals surface area contributed by atoms with Gasteiger partial charge in [0, 0.05) is 106 Å². The Morgan fingerprint density at radius 1 is 0.565 bits per heavy atom. The van der Waals surface area contributed by atoms with Crippen LogP contribution in [-0.4, -0.2) is 196 Å². The molecule has 3 atom stereocenters. The number of likely N-dealkylation sites (tertiary alicyclic amines) is 3. The maximum atomic E-state index is 12.8. The van der Waals surface area contributed by atoms with Crippen molar-refractivity contribution in [3.05, 3.63) is 188 Å². The molecule has 9 aromatic heterocycles. The van der Waals surface area contributed by atoms with Crippen molar-refractivity contribution in [2.75, 3.05) is 95.9 Å². The van der Waals surface area contributed by atoms with E-state index in [4.69, 9.17) is 58.3 Å². The first-order valence-electron chi connectivity index (χ1n) is 35.8. The molecule has 11 aromatic rings. The minimum absolute atomic E-state index is 0.0151. The van der Waals surface area contributed by atoms with Gasteiger partial charge in [-0.1, -0.05) is 49.5 Å². The fraction of sp³-hybridized carbons (Fsp3) is 0.325. The number of fused-ring (bicyclic) bond motifs is 3. The Bertz CT molecular complexity index is 5120. The lowest BCUT2D eigenvalue weighted by Gasteiger charge is -2.32. The van der Waals surface area contributed by atoms with Crippen molar-refractivity contribution in [2.45, 2.75) is 83.7 Å². The molecule has 15 rings (SSSR count). The van der Waals surface area contributed by atoms with Crippen LogP contribution in [0.4, 0.5) is 17.5 Å². The van der Waals surface area contributed by atoms with Crippen molar-refractivity contribution in [3.8, 4) is 45.4 Å². The summed E-state index contributed by atoms with van der Waals surface area (Å²) in [6.07, 6.45) is 16.9. The molecule has 556 valence electrons. The number of nitrogens with two attached hydrogens (primary N) is 3. The number of pyridine rings is 3. The molecule has 4 aliphatic rings. The Labute approximate surface area is 627 Å². The summed E-state index contributed by atoms with van der Waals surface area (Å²) in [5.74, 6) is 1.78. The lowest BCUT2D eigenvalue weighted by molar-refractivity contribution is -0.128. The van der Waals surface area contributed by atoms with Crippen molar-refractivity contribution in [3.63, 3.8) is 0 Å². The number of amides is 4. The highest BCUT2D eigenvalue weighted by molar-refractivity contribution is 6.34. The van der Waals surface area contributed by atoms with E-state index in [1.165, 1.54) is 37.2 Å². The Kier molecular flexibility index (Phi) is 23.3. The van der Waals surface area contributed by atoms with Crippen LogP contribution in [-0.2, 0) is 32.3 Å². The lowest BCUT2D eigenvalue weighted by atomic mass is 10.1. The van der Waals surface area contributed by atoms with Crippen molar-refractivity contribution in [1.29, 1.82) is 0 Å². The highest BCUT2D eigenvalue weighted by Crippen LogP contribution is 2.39. The van der Waals surface area contributed by atoms with Crippen molar-refractivity contribution in [2.24, 2.45) is 0 Å². The average Bonchev–Trinajstić information content (AvgIpc) is 1.57. The minimum Gasteiger partial charge on any atom is -0.487 e. The first kappa shape index (κ1) is 74.1. The van der Waals surface area contributed by atoms with Crippen molar-refractivity contribution >= 4 is 85.8 Å². The van der Waals surface area contributed by atoms with Gasteiger partial charge < -0.3 is 51.4 Å². The van der Waals surface area contributed by atoms with E-state index in [1.807, 2.05) is 88.6 Å². The Morgan fingerprint density at radius 2 is 1.06 bits per heavy atom. The van der Waals surface area contributed by atoms with Gasteiger partial charge in [0.25, 0.3) is 5.91 Å². The number of morpholine rings is 1. The van der Waals surface area contributed by atoms with Gasteiger partial charge in [-0.25, -0.2) is 48.9 Å². The number of carbonyl (C=O) groups excluding carboxylic acids is 4. The van der Waals surface area contributed by atoms with Crippen LogP contribution in [0.15, 0.2) is 154 Å². The molecule has 2 aromatic carbocycles. The second-order valence-electron chi connectivity index (χ2n) is 26.5. The predicted octanol–water partition coefficient (Wildman–Crippen LogP) is 8.95. The molecular formula is C77H84ClN23O7. The van der Waals surface area contributed by atoms with Gasteiger partial charge in [0.2, 0.25) is 23.6 Å². The number of aromatic nitrogens is 15. The number of halogens is 1. The van der Waals surface area contributed by atoms with E-state index < -0.39 is 0 Å². The number of aryl methyl sites for hydroxylation is 2. The normalized spacial score (nSPS) is 16.7. The van der Waals surface area contributed by atoms with Crippen LogP contribution in [0.3, 0.4) is 0 Å². The number of nitrogen functional groups attached to an aromatic ring is 3. The second-order valence-corrected chi connectivity index (χ2v) is 27.0. The molecule has 0 unspecified atom stereocenters. The molecule has 0 radical (unpaired) electrons. The van der Waals surface area contributed by atoms with Crippen LogP contribution in [0.5, 0.6) is 11.6 Å². The fourth-order valence-corrected chi connectivity index (χ4v) is 14.2. The second kappa shape index (κ2) is 34.0. The zero-order valence-electron chi connectivity index (χ0n) is 60.2. The van der Waals surface area contributed by atoms with E-state index in [0.29, 0.717) is 162 Å². The van der Waals surface area contributed by atoms with Gasteiger partial charge in [-0.3, -0.25) is 34.0 Å². The molecule has 4 amide bonds. The molecule has 108 heavy (non-hydrogen) atoms. The van der Waals surface area contributed by atoms with E-state index in [0.717, 1.165) is 97.7 Å². The smallest absolute Gasteiger partial charge is 0.252 e. The topological polar surface area (TPSA) is 368 Å². The lowest BCUT2D eigenvalue weighted by Crippen LogP contribution is -2.41. The fourth-order valence-electron chi connectivity index (χ4n) is 13.9. The Morgan fingerprint density at radius 3 is 1.55 bits per heavy atom. The van der Waals surface area contributed by atoms with Gasteiger partial charge in [0.15, 0.2) is 16.9 Å². The third-order valence-electron chi connectivity index (χ3n) is 19.4. The predicted molar refractivity (Wildman–Crippen MR) is 410 cm³/mol. The molecular weight excluding hydrogens is 1390 g/mol. The summed E-state index contributed by atoms with van der Waals surface area (Å²) in [5, 5.41) is 19.9.